The van der Waals surface area contributed by atoms with Gasteiger partial charge in [-0.05, 0) is 72.6 Å². The molecule has 0 aliphatic carbocycles. The number of benzene rings is 3. The van der Waals surface area contributed by atoms with Crippen LogP contribution in [0.4, 0.5) is 18.9 Å². The fourth-order valence-corrected chi connectivity index (χ4v) is 4.30. The van der Waals surface area contributed by atoms with E-state index in [4.69, 9.17) is 9.90 Å². The van der Waals surface area contributed by atoms with Gasteiger partial charge in [-0.15, -0.1) is 0 Å². The van der Waals surface area contributed by atoms with Crippen molar-refractivity contribution >= 4 is 33.3 Å². The Morgan fingerprint density at radius 2 is 1.65 bits per heavy atom. The van der Waals surface area contributed by atoms with Crippen LogP contribution in [0.2, 0.25) is 0 Å². The lowest BCUT2D eigenvalue weighted by molar-refractivity contribution is -0.192. The van der Waals surface area contributed by atoms with Gasteiger partial charge in [-0.1, -0.05) is 36.4 Å². The summed E-state index contributed by atoms with van der Waals surface area (Å²) in [4.78, 5) is 14.8. The Morgan fingerprint density at radius 3 is 2.35 bits per heavy atom. The van der Waals surface area contributed by atoms with Crippen LogP contribution in [0.5, 0.6) is 0 Å². The zero-order valence-corrected chi connectivity index (χ0v) is 18.5. The Morgan fingerprint density at radius 1 is 0.941 bits per heavy atom. The minimum Gasteiger partial charge on any atom is -0.475 e. The number of aromatic nitrogens is 1. The predicted octanol–water partition coefficient (Wildman–Crippen LogP) is 5.71. The number of carboxylic acid groups (broad SMARTS) is 1. The second-order valence-electron chi connectivity index (χ2n) is 8.34. The first-order chi connectivity index (χ1) is 16.3. The second kappa shape index (κ2) is 10.2. The number of piperidine rings is 1. The highest BCUT2D eigenvalue weighted by Gasteiger charge is 2.38. The third kappa shape index (κ3) is 5.69. The zero-order valence-electron chi connectivity index (χ0n) is 18.5. The topological polar surface area (TPSA) is 68.4 Å². The number of aromatic amines is 1. The van der Waals surface area contributed by atoms with Crippen LogP contribution in [0.1, 0.15) is 18.4 Å². The number of hydrogen-bond donors (Lipinski definition) is 3. The van der Waals surface area contributed by atoms with Gasteiger partial charge < -0.3 is 20.3 Å². The number of nitrogens with zero attached hydrogens (tertiary/aromatic N) is 1. The van der Waals surface area contributed by atoms with Crippen LogP contribution < -0.4 is 10.2 Å². The minimum atomic E-state index is -5.08. The number of anilines is 1. The zero-order chi connectivity index (χ0) is 24.1. The van der Waals surface area contributed by atoms with E-state index in [0.717, 1.165) is 19.6 Å². The number of carbonyl (C=O) groups is 1. The first kappa shape index (κ1) is 23.6. The van der Waals surface area contributed by atoms with Crippen molar-refractivity contribution in [2.45, 2.75) is 31.6 Å². The molecule has 5 nitrogen and oxygen atoms in total. The van der Waals surface area contributed by atoms with Crippen LogP contribution in [0.3, 0.4) is 0 Å². The van der Waals surface area contributed by atoms with Crippen molar-refractivity contribution in [1.29, 1.82) is 0 Å². The standard InChI is InChI=1S/C24H25N3.C2HF3O2/c1-2-4-20-15-18(5-6-19(20)3-1)17-27(22-10-12-25-13-11-22)23-7-8-24-21(16-23)9-14-26-24;3-2(4,5)1(6)7/h1-9,14-16,22,25-26H,10-13,17H2;(H,6,7). The van der Waals surface area contributed by atoms with Crippen molar-refractivity contribution < 1.29 is 23.1 Å². The van der Waals surface area contributed by atoms with Crippen molar-refractivity contribution in [1.82, 2.24) is 10.3 Å². The van der Waals surface area contributed by atoms with E-state index in [1.807, 2.05) is 6.20 Å². The van der Waals surface area contributed by atoms with Gasteiger partial charge in [0.2, 0.25) is 0 Å². The van der Waals surface area contributed by atoms with Crippen molar-refractivity contribution in [2.24, 2.45) is 0 Å². The highest BCUT2D eigenvalue weighted by molar-refractivity contribution is 5.84. The lowest BCUT2D eigenvalue weighted by Gasteiger charge is -2.36. The molecule has 1 fully saturated rings. The van der Waals surface area contributed by atoms with E-state index in [-0.39, 0.29) is 0 Å². The molecule has 1 aromatic heterocycles. The molecule has 3 aromatic carbocycles. The van der Waals surface area contributed by atoms with Crippen molar-refractivity contribution in [3.05, 3.63) is 78.5 Å². The number of fused-ring (bicyclic) bond motifs is 2. The molecule has 0 saturated carbocycles. The molecule has 8 heteroatoms. The third-order valence-electron chi connectivity index (χ3n) is 6.03. The van der Waals surface area contributed by atoms with Crippen LogP contribution in [-0.2, 0) is 11.3 Å². The van der Waals surface area contributed by atoms with Crippen molar-refractivity contribution in [3.8, 4) is 0 Å². The Labute approximate surface area is 195 Å². The van der Waals surface area contributed by atoms with Crippen LogP contribution >= 0.6 is 0 Å². The van der Waals surface area contributed by atoms with Crippen molar-refractivity contribution in [2.75, 3.05) is 18.0 Å². The molecule has 1 aliphatic heterocycles. The molecular weight excluding hydrogens is 443 g/mol. The molecule has 34 heavy (non-hydrogen) atoms. The monoisotopic (exact) mass is 469 g/mol. The smallest absolute Gasteiger partial charge is 0.475 e. The average molecular weight is 470 g/mol. The Hall–Kier alpha value is -3.52. The molecule has 178 valence electrons. The molecule has 0 unspecified atom stereocenters. The molecule has 5 rings (SSSR count). The highest BCUT2D eigenvalue weighted by atomic mass is 19.4. The lowest BCUT2D eigenvalue weighted by Crippen LogP contribution is -2.43. The van der Waals surface area contributed by atoms with Crippen LogP contribution in [0.15, 0.2) is 72.9 Å². The molecule has 1 saturated heterocycles. The van der Waals surface area contributed by atoms with Gasteiger partial charge in [-0.2, -0.15) is 13.2 Å². The molecule has 4 aromatic rings. The molecule has 1 aliphatic rings. The summed E-state index contributed by atoms with van der Waals surface area (Å²) >= 11 is 0. The molecule has 3 N–H and O–H groups in total. The third-order valence-corrected chi connectivity index (χ3v) is 6.03. The van der Waals surface area contributed by atoms with E-state index in [1.54, 1.807) is 0 Å². The maximum atomic E-state index is 10.6. The fourth-order valence-electron chi connectivity index (χ4n) is 4.30. The average Bonchev–Trinajstić information content (AvgIpc) is 3.31. The summed E-state index contributed by atoms with van der Waals surface area (Å²) in [6.45, 7) is 3.15. The highest BCUT2D eigenvalue weighted by Crippen LogP contribution is 2.28. The number of nitrogens with one attached hydrogen (secondary N) is 2. The number of aliphatic carboxylic acids is 1. The van der Waals surface area contributed by atoms with Gasteiger partial charge in [0.05, 0.1) is 0 Å². The summed E-state index contributed by atoms with van der Waals surface area (Å²) in [5.41, 5.74) is 3.90. The number of halogens is 3. The van der Waals surface area contributed by atoms with E-state index in [0.29, 0.717) is 6.04 Å². The number of alkyl halides is 3. The van der Waals surface area contributed by atoms with E-state index in [9.17, 15) is 13.2 Å². The second-order valence-corrected chi connectivity index (χ2v) is 8.34. The molecule has 0 bridgehead atoms. The Bertz CT molecular complexity index is 1260. The van der Waals surface area contributed by atoms with Crippen LogP contribution in [-0.4, -0.2) is 41.4 Å². The molecule has 0 radical (unpaired) electrons. The molecule has 0 amide bonds. The van der Waals surface area contributed by atoms with Gasteiger partial charge in [0.15, 0.2) is 0 Å². The molecular formula is C26H26F3N3O2. The van der Waals surface area contributed by atoms with Gasteiger partial charge in [-0.25, -0.2) is 4.79 Å². The predicted molar refractivity (Wildman–Crippen MR) is 128 cm³/mol. The number of hydrogen-bond acceptors (Lipinski definition) is 3. The number of H-pyrrole nitrogens is 1. The van der Waals surface area contributed by atoms with Gasteiger partial charge in [0.25, 0.3) is 0 Å². The summed E-state index contributed by atoms with van der Waals surface area (Å²) in [5.74, 6) is -2.76. The summed E-state index contributed by atoms with van der Waals surface area (Å²) in [6, 6.07) is 25.0. The number of carboxylic acids is 1. The normalized spacial score (nSPS) is 14.6. The molecule has 0 spiro atoms. The van der Waals surface area contributed by atoms with E-state index in [2.05, 4.69) is 81.9 Å². The number of rotatable bonds is 4. The molecule has 2 heterocycles. The molecule has 0 atom stereocenters. The Kier molecular flexibility index (Phi) is 7.07. The largest absolute Gasteiger partial charge is 0.490 e. The maximum Gasteiger partial charge on any atom is 0.490 e. The summed E-state index contributed by atoms with van der Waals surface area (Å²) in [6.07, 6.45) is -0.676. The van der Waals surface area contributed by atoms with Gasteiger partial charge in [0.1, 0.15) is 0 Å². The van der Waals surface area contributed by atoms with E-state index >= 15 is 0 Å². The van der Waals surface area contributed by atoms with Gasteiger partial charge in [0, 0.05) is 35.4 Å². The summed E-state index contributed by atoms with van der Waals surface area (Å²) in [7, 11) is 0. The summed E-state index contributed by atoms with van der Waals surface area (Å²) in [5, 5.41) is 14.5. The van der Waals surface area contributed by atoms with Crippen LogP contribution in [0, 0.1) is 0 Å². The minimum absolute atomic E-state index is 0.578. The Balaban J connectivity index is 0.000000344. The van der Waals surface area contributed by atoms with Crippen LogP contribution in [0.25, 0.3) is 21.7 Å². The maximum absolute atomic E-state index is 10.6. The lowest BCUT2D eigenvalue weighted by atomic mass is 10.0. The first-order valence-electron chi connectivity index (χ1n) is 11.1. The quantitative estimate of drug-likeness (QED) is 0.358. The van der Waals surface area contributed by atoms with Gasteiger partial charge in [-0.3, -0.25) is 0 Å². The summed E-state index contributed by atoms with van der Waals surface area (Å²) < 4.78 is 31.7. The SMILES string of the molecule is O=C(O)C(F)(F)F.c1ccc2cc(CN(c3ccc4[nH]ccc4c3)C3CCNCC3)ccc2c1. The van der Waals surface area contributed by atoms with E-state index < -0.39 is 12.1 Å². The first-order valence-corrected chi connectivity index (χ1v) is 11.1. The van der Waals surface area contributed by atoms with Crippen molar-refractivity contribution in [3.63, 3.8) is 0 Å². The van der Waals surface area contributed by atoms with E-state index in [1.165, 1.54) is 45.8 Å². The van der Waals surface area contributed by atoms with Gasteiger partial charge >= 0.3 is 12.1 Å². The fraction of sp³-hybridized carbons (Fsp3) is 0.269.